The van der Waals surface area contributed by atoms with Crippen LogP contribution in [0.2, 0.25) is 0 Å². The van der Waals surface area contributed by atoms with E-state index >= 15 is 0 Å². The van der Waals surface area contributed by atoms with Gasteiger partial charge in [0.1, 0.15) is 0 Å². The first-order valence-electron chi connectivity index (χ1n) is 10.5. The Balaban J connectivity index is 1.73. The summed E-state index contributed by atoms with van der Waals surface area (Å²) in [7, 11) is 0. The van der Waals surface area contributed by atoms with E-state index in [4.69, 9.17) is 0 Å². The first-order chi connectivity index (χ1) is 14.0. The van der Waals surface area contributed by atoms with E-state index in [1.165, 1.54) is 29.7 Å². The molecule has 0 unspecified atom stereocenters. The Morgan fingerprint density at radius 1 is 1.07 bits per heavy atom. The molecule has 3 rings (SSSR count). The van der Waals surface area contributed by atoms with Gasteiger partial charge < -0.3 is 15.0 Å². The van der Waals surface area contributed by atoms with Crippen molar-refractivity contribution in [1.82, 2.24) is 30.0 Å². The number of H-pyrrole nitrogens is 3. The minimum Gasteiger partial charge on any atom is -0.362 e. The highest BCUT2D eigenvalue weighted by molar-refractivity contribution is 5.60. The van der Waals surface area contributed by atoms with Gasteiger partial charge in [-0.3, -0.25) is 19.9 Å². The predicted octanol–water partition coefficient (Wildman–Crippen LogP) is 3.36. The zero-order valence-corrected chi connectivity index (χ0v) is 17.9. The van der Waals surface area contributed by atoms with Gasteiger partial charge in [0.05, 0.1) is 17.0 Å². The number of rotatable bonds is 10. The average Bonchev–Trinajstić information content (AvgIpc) is 3.26. The highest BCUT2D eigenvalue weighted by Crippen LogP contribution is 2.24. The van der Waals surface area contributed by atoms with E-state index in [0.29, 0.717) is 17.7 Å². The van der Waals surface area contributed by atoms with Crippen LogP contribution in [0.4, 0.5) is 0 Å². The van der Waals surface area contributed by atoms with Crippen molar-refractivity contribution in [2.24, 2.45) is 0 Å². The molecule has 0 saturated carbocycles. The lowest BCUT2D eigenvalue weighted by molar-refractivity contribution is 0.297. The smallest absolute Gasteiger partial charge is 0.273 e. The van der Waals surface area contributed by atoms with Gasteiger partial charge in [-0.25, -0.2) is 0 Å². The van der Waals surface area contributed by atoms with Gasteiger partial charge in [0.15, 0.2) is 0 Å². The third-order valence-electron chi connectivity index (χ3n) is 5.76. The van der Waals surface area contributed by atoms with E-state index in [0.717, 1.165) is 37.4 Å². The molecular formula is C22H32N6O. The molecule has 0 aromatic carbocycles. The minimum absolute atomic E-state index is 0.181. The van der Waals surface area contributed by atoms with Crippen molar-refractivity contribution in [2.75, 3.05) is 19.6 Å². The predicted molar refractivity (Wildman–Crippen MR) is 116 cm³/mol. The maximum atomic E-state index is 12.0. The number of hydrogen-bond donors (Lipinski definition) is 3. The zero-order chi connectivity index (χ0) is 20.8. The van der Waals surface area contributed by atoms with Gasteiger partial charge in [-0.1, -0.05) is 13.8 Å². The lowest BCUT2D eigenvalue weighted by Crippen LogP contribution is -2.23. The molecule has 0 radical (unpaired) electrons. The van der Waals surface area contributed by atoms with Crippen LogP contribution in [-0.4, -0.2) is 49.7 Å². The van der Waals surface area contributed by atoms with Gasteiger partial charge in [0.2, 0.25) is 0 Å². The maximum absolute atomic E-state index is 12.0. The molecule has 0 bridgehead atoms. The summed E-state index contributed by atoms with van der Waals surface area (Å²) in [6, 6.07) is 0. The lowest BCUT2D eigenvalue weighted by atomic mass is 10.0. The summed E-state index contributed by atoms with van der Waals surface area (Å²) in [4.78, 5) is 27.0. The Labute approximate surface area is 172 Å². The normalized spacial score (nSPS) is 11.5. The van der Waals surface area contributed by atoms with Crippen molar-refractivity contribution in [3.63, 3.8) is 0 Å². The highest BCUT2D eigenvalue weighted by Gasteiger charge is 2.17. The molecule has 0 atom stereocenters. The fourth-order valence-corrected chi connectivity index (χ4v) is 3.96. The van der Waals surface area contributed by atoms with Crippen molar-refractivity contribution in [3.05, 3.63) is 57.2 Å². The number of aryl methyl sites for hydroxylation is 1. The van der Waals surface area contributed by atoms with Crippen LogP contribution in [0.3, 0.4) is 0 Å². The largest absolute Gasteiger partial charge is 0.362 e. The molecule has 29 heavy (non-hydrogen) atoms. The molecule has 0 fully saturated rings. The Hall–Kier alpha value is -2.67. The van der Waals surface area contributed by atoms with Crippen LogP contribution in [0.1, 0.15) is 54.9 Å². The van der Waals surface area contributed by atoms with E-state index in [1.54, 1.807) is 18.6 Å². The molecule has 3 aromatic rings. The third kappa shape index (κ3) is 4.85. The molecule has 3 N–H and O–H groups in total. The summed E-state index contributed by atoms with van der Waals surface area (Å²) in [5.41, 5.74) is 6.85. The fourth-order valence-electron chi connectivity index (χ4n) is 3.96. The van der Waals surface area contributed by atoms with E-state index in [-0.39, 0.29) is 5.56 Å². The molecule has 0 amide bonds. The molecular weight excluding hydrogens is 364 g/mol. The average molecular weight is 397 g/mol. The molecule has 0 aliphatic rings. The van der Waals surface area contributed by atoms with E-state index in [2.05, 4.69) is 57.7 Å². The van der Waals surface area contributed by atoms with Crippen LogP contribution in [0, 0.1) is 13.8 Å². The van der Waals surface area contributed by atoms with Crippen LogP contribution in [0.15, 0.2) is 23.4 Å². The van der Waals surface area contributed by atoms with E-state index in [9.17, 15) is 4.79 Å². The van der Waals surface area contributed by atoms with Gasteiger partial charge in [0.25, 0.3) is 5.56 Å². The monoisotopic (exact) mass is 396 g/mol. The molecule has 0 spiro atoms. The van der Waals surface area contributed by atoms with Crippen LogP contribution in [-0.2, 0) is 12.8 Å². The minimum atomic E-state index is -0.181. The van der Waals surface area contributed by atoms with Gasteiger partial charge in [-0.2, -0.15) is 0 Å². The Bertz CT molecular complexity index is 979. The second kappa shape index (κ2) is 9.69. The second-order valence-corrected chi connectivity index (χ2v) is 7.50. The van der Waals surface area contributed by atoms with Crippen molar-refractivity contribution >= 4 is 0 Å². The number of nitrogens with one attached hydrogen (secondary N) is 3. The number of aromatic amines is 3. The van der Waals surface area contributed by atoms with Crippen molar-refractivity contribution in [1.29, 1.82) is 0 Å². The molecule has 7 nitrogen and oxygen atoms in total. The number of hydrogen-bond acceptors (Lipinski definition) is 4. The molecule has 0 aliphatic carbocycles. The van der Waals surface area contributed by atoms with Crippen molar-refractivity contribution in [3.8, 4) is 11.3 Å². The first kappa shape index (κ1) is 21.0. The Morgan fingerprint density at radius 2 is 1.83 bits per heavy atom. The lowest BCUT2D eigenvalue weighted by Gasteiger charge is -2.17. The summed E-state index contributed by atoms with van der Waals surface area (Å²) in [6.07, 6.45) is 9.05. The fraction of sp³-hybridized carbons (Fsp3) is 0.500. The number of unbranched alkanes of at least 4 members (excludes halogenated alkanes) is 1. The van der Waals surface area contributed by atoms with Crippen LogP contribution >= 0.6 is 0 Å². The van der Waals surface area contributed by atoms with Gasteiger partial charge in [-0.05, 0) is 63.9 Å². The van der Waals surface area contributed by atoms with Crippen LogP contribution < -0.4 is 5.56 Å². The molecule has 156 valence electrons. The van der Waals surface area contributed by atoms with Crippen LogP contribution in [0.25, 0.3) is 11.3 Å². The topological polar surface area (TPSA) is 93.5 Å². The summed E-state index contributed by atoms with van der Waals surface area (Å²) in [5.74, 6) is 0. The molecule has 0 aliphatic heterocycles. The van der Waals surface area contributed by atoms with Gasteiger partial charge in [0, 0.05) is 36.4 Å². The molecule has 3 aromatic heterocycles. The maximum Gasteiger partial charge on any atom is 0.273 e. The SMILES string of the molecule is CCN(CC)CCCCc1c(C)[nH]c(Cc2nccnc2-c2c[nH][nH]c2=O)c1C. The third-order valence-corrected chi connectivity index (χ3v) is 5.76. The highest BCUT2D eigenvalue weighted by atomic mass is 16.1. The summed E-state index contributed by atoms with van der Waals surface area (Å²) < 4.78 is 0. The Kier molecular flexibility index (Phi) is 7.04. The van der Waals surface area contributed by atoms with Gasteiger partial charge in [-0.15, -0.1) is 0 Å². The van der Waals surface area contributed by atoms with Crippen LogP contribution in [0.5, 0.6) is 0 Å². The second-order valence-electron chi connectivity index (χ2n) is 7.50. The quantitative estimate of drug-likeness (QED) is 0.458. The summed E-state index contributed by atoms with van der Waals surface area (Å²) in [5, 5.41) is 5.31. The molecule has 0 saturated heterocycles. The van der Waals surface area contributed by atoms with E-state index in [1.807, 2.05) is 0 Å². The van der Waals surface area contributed by atoms with Gasteiger partial charge >= 0.3 is 0 Å². The first-order valence-corrected chi connectivity index (χ1v) is 10.5. The standard InChI is InChI=1S/C22H32N6O/c1-5-28(6-2)12-8-7-9-17-15(3)19(26-16(17)4)13-20-21(24-11-10-23-20)18-14-25-27-22(18)29/h10-11,14,26H,5-9,12-13H2,1-4H3,(H2,25,27,29). The van der Waals surface area contributed by atoms with Crippen molar-refractivity contribution in [2.45, 2.75) is 53.4 Å². The number of aromatic nitrogens is 5. The number of nitrogens with zero attached hydrogens (tertiary/aromatic N) is 3. The van der Waals surface area contributed by atoms with E-state index < -0.39 is 0 Å². The van der Waals surface area contributed by atoms with Crippen molar-refractivity contribution < 1.29 is 0 Å². The summed E-state index contributed by atoms with van der Waals surface area (Å²) in [6.45, 7) is 12.2. The molecule has 3 heterocycles. The molecule has 7 heteroatoms. The Morgan fingerprint density at radius 3 is 2.52 bits per heavy atom. The summed E-state index contributed by atoms with van der Waals surface area (Å²) >= 11 is 0. The zero-order valence-electron chi connectivity index (χ0n) is 17.9.